The molecule has 2 unspecified atom stereocenters. The molecule has 3 aliphatic rings. The van der Waals surface area contributed by atoms with Crippen LogP contribution in [0.5, 0.6) is 0 Å². The monoisotopic (exact) mass is 372 g/mol. The number of carbonyl (C=O) groups is 3. The number of hydrogen-bond donors (Lipinski definition) is 3. The van der Waals surface area contributed by atoms with Crippen molar-refractivity contribution in [2.75, 3.05) is 13.1 Å². The van der Waals surface area contributed by atoms with Crippen LogP contribution in [0.4, 0.5) is 4.79 Å². The van der Waals surface area contributed by atoms with Gasteiger partial charge >= 0.3 is 6.03 Å². The van der Waals surface area contributed by atoms with E-state index in [1.165, 1.54) is 0 Å². The number of amides is 4. The number of nitrogens with two attached hydrogens (primary N) is 1. The Balaban J connectivity index is 0.00000225. The fraction of sp³-hybridized carbons (Fsp3) is 0.824. The van der Waals surface area contributed by atoms with E-state index in [-0.39, 0.29) is 42.2 Å². The Hall–Kier alpha value is -1.34. The summed E-state index contributed by atoms with van der Waals surface area (Å²) >= 11 is 0. The minimum absolute atomic E-state index is 0. The molecule has 142 valence electrons. The molecule has 3 fully saturated rings. The molecule has 2 saturated carbocycles. The van der Waals surface area contributed by atoms with Crippen molar-refractivity contribution in [1.29, 1.82) is 0 Å². The molecule has 1 heterocycles. The van der Waals surface area contributed by atoms with Crippen LogP contribution < -0.4 is 16.4 Å². The van der Waals surface area contributed by atoms with E-state index in [0.29, 0.717) is 13.0 Å². The quantitative estimate of drug-likeness (QED) is 0.647. The number of imide groups is 1. The summed E-state index contributed by atoms with van der Waals surface area (Å²) in [6.45, 7) is 2.17. The Bertz CT molecular complexity index is 550. The number of hydrogen-bond acceptors (Lipinski definition) is 4. The summed E-state index contributed by atoms with van der Waals surface area (Å²) in [5.74, 6) is -0.449. The molecule has 2 atom stereocenters. The lowest BCUT2D eigenvalue weighted by Gasteiger charge is -2.36. The van der Waals surface area contributed by atoms with E-state index < -0.39 is 11.6 Å². The second kappa shape index (κ2) is 7.50. The first-order valence-electron chi connectivity index (χ1n) is 9.08. The molecule has 25 heavy (non-hydrogen) atoms. The van der Waals surface area contributed by atoms with E-state index >= 15 is 0 Å². The van der Waals surface area contributed by atoms with Gasteiger partial charge in [0, 0.05) is 6.54 Å². The summed E-state index contributed by atoms with van der Waals surface area (Å²) in [6, 6.07) is -0.447. The van der Waals surface area contributed by atoms with Gasteiger partial charge in [-0.3, -0.25) is 14.5 Å². The van der Waals surface area contributed by atoms with E-state index in [4.69, 9.17) is 5.73 Å². The third kappa shape index (κ3) is 3.49. The Morgan fingerprint density at radius 2 is 1.88 bits per heavy atom. The van der Waals surface area contributed by atoms with Crippen molar-refractivity contribution in [2.24, 2.45) is 11.7 Å². The summed E-state index contributed by atoms with van der Waals surface area (Å²) < 4.78 is 0. The van der Waals surface area contributed by atoms with Crippen LogP contribution in [0.1, 0.15) is 58.3 Å². The largest absolute Gasteiger partial charge is 0.348 e. The summed E-state index contributed by atoms with van der Waals surface area (Å²) in [5.41, 5.74) is 4.66. The molecule has 2 aliphatic carbocycles. The highest BCUT2D eigenvalue weighted by Crippen LogP contribution is 2.38. The van der Waals surface area contributed by atoms with Crippen LogP contribution >= 0.6 is 12.4 Å². The summed E-state index contributed by atoms with van der Waals surface area (Å²) in [5, 5.41) is 5.85. The van der Waals surface area contributed by atoms with Crippen molar-refractivity contribution in [3.8, 4) is 0 Å². The summed E-state index contributed by atoms with van der Waals surface area (Å²) in [7, 11) is 0. The lowest BCUT2D eigenvalue weighted by molar-refractivity contribution is -0.137. The van der Waals surface area contributed by atoms with Crippen molar-refractivity contribution >= 4 is 30.3 Å². The van der Waals surface area contributed by atoms with Crippen LogP contribution in [0.2, 0.25) is 0 Å². The first-order chi connectivity index (χ1) is 11.4. The van der Waals surface area contributed by atoms with Gasteiger partial charge in [-0.25, -0.2) is 4.79 Å². The lowest BCUT2D eigenvalue weighted by Crippen LogP contribution is -2.56. The van der Waals surface area contributed by atoms with Gasteiger partial charge in [0.05, 0.1) is 5.54 Å². The van der Waals surface area contributed by atoms with Crippen LogP contribution in [0.15, 0.2) is 0 Å². The molecular weight excluding hydrogens is 344 g/mol. The fourth-order valence-electron chi connectivity index (χ4n) is 4.55. The van der Waals surface area contributed by atoms with Gasteiger partial charge in [0.25, 0.3) is 5.91 Å². The lowest BCUT2D eigenvalue weighted by atomic mass is 9.73. The highest BCUT2D eigenvalue weighted by Gasteiger charge is 2.55. The predicted octanol–water partition coefficient (Wildman–Crippen LogP) is 1.30. The number of halogens is 1. The van der Waals surface area contributed by atoms with Gasteiger partial charge in [-0.05, 0) is 31.6 Å². The predicted molar refractivity (Wildman–Crippen MR) is 96.3 cm³/mol. The van der Waals surface area contributed by atoms with Gasteiger partial charge < -0.3 is 16.4 Å². The molecular formula is C17H29ClN4O3. The number of nitrogens with one attached hydrogen (secondary N) is 2. The molecule has 0 bridgehead atoms. The van der Waals surface area contributed by atoms with Gasteiger partial charge in [0.2, 0.25) is 5.91 Å². The molecule has 4 N–H and O–H groups in total. The Labute approximate surface area is 154 Å². The van der Waals surface area contributed by atoms with Gasteiger partial charge in [0.1, 0.15) is 12.1 Å². The average Bonchev–Trinajstić information content (AvgIpc) is 3.10. The van der Waals surface area contributed by atoms with Crippen LogP contribution in [-0.4, -0.2) is 46.9 Å². The zero-order valence-corrected chi connectivity index (χ0v) is 15.6. The third-order valence-corrected chi connectivity index (χ3v) is 6.16. The first-order valence-corrected chi connectivity index (χ1v) is 9.08. The van der Waals surface area contributed by atoms with Crippen molar-refractivity contribution in [3.05, 3.63) is 0 Å². The van der Waals surface area contributed by atoms with E-state index in [0.717, 1.165) is 49.8 Å². The maximum absolute atomic E-state index is 12.9. The van der Waals surface area contributed by atoms with Crippen molar-refractivity contribution in [1.82, 2.24) is 15.5 Å². The summed E-state index contributed by atoms with van der Waals surface area (Å²) in [6.07, 6.45) is 7.37. The molecule has 0 aromatic heterocycles. The second-order valence-corrected chi connectivity index (χ2v) is 7.68. The van der Waals surface area contributed by atoms with Crippen LogP contribution in [-0.2, 0) is 9.59 Å². The fourth-order valence-corrected chi connectivity index (χ4v) is 4.55. The molecule has 0 radical (unpaired) electrons. The Morgan fingerprint density at radius 3 is 2.48 bits per heavy atom. The Morgan fingerprint density at radius 1 is 1.24 bits per heavy atom. The van der Waals surface area contributed by atoms with Crippen molar-refractivity contribution < 1.29 is 14.4 Å². The van der Waals surface area contributed by atoms with E-state index in [1.54, 1.807) is 0 Å². The Kier molecular flexibility index (Phi) is 5.99. The van der Waals surface area contributed by atoms with Gasteiger partial charge in [-0.15, -0.1) is 12.4 Å². The number of rotatable bonds is 4. The number of carbonyl (C=O) groups excluding carboxylic acids is 3. The molecule has 3 rings (SSSR count). The molecule has 8 heteroatoms. The van der Waals surface area contributed by atoms with Gasteiger partial charge in [0.15, 0.2) is 0 Å². The van der Waals surface area contributed by atoms with Crippen molar-refractivity contribution in [3.63, 3.8) is 0 Å². The maximum Gasteiger partial charge on any atom is 0.325 e. The zero-order chi connectivity index (χ0) is 17.4. The van der Waals surface area contributed by atoms with E-state index in [9.17, 15) is 14.4 Å². The van der Waals surface area contributed by atoms with E-state index in [1.807, 2.05) is 6.92 Å². The minimum Gasteiger partial charge on any atom is -0.348 e. The van der Waals surface area contributed by atoms with Crippen molar-refractivity contribution in [2.45, 2.75) is 69.4 Å². The van der Waals surface area contributed by atoms with Crippen LogP contribution in [0, 0.1) is 5.92 Å². The molecule has 1 saturated heterocycles. The standard InChI is InChI=1S/C17H28N4O3.ClH/c1-12-6-2-3-9-17(12)14(23)21(15(24)20-17)10-13(22)19-16(11-18)7-4-5-8-16;/h12H,2-11,18H2,1H3,(H,19,22)(H,20,24);1H. The smallest absolute Gasteiger partial charge is 0.325 e. The third-order valence-electron chi connectivity index (χ3n) is 6.16. The minimum atomic E-state index is -0.811. The summed E-state index contributed by atoms with van der Waals surface area (Å²) in [4.78, 5) is 38.7. The molecule has 4 amide bonds. The maximum atomic E-state index is 12.9. The first kappa shape index (κ1) is 20.0. The van der Waals surface area contributed by atoms with Crippen LogP contribution in [0.25, 0.3) is 0 Å². The normalized spacial score (nSPS) is 31.0. The van der Waals surface area contributed by atoms with Crippen LogP contribution in [0.3, 0.4) is 0 Å². The molecule has 0 aromatic rings. The average molecular weight is 373 g/mol. The molecule has 1 spiro atoms. The highest BCUT2D eigenvalue weighted by atomic mass is 35.5. The van der Waals surface area contributed by atoms with Gasteiger partial charge in [-0.2, -0.15) is 0 Å². The SMILES string of the molecule is CC1CCCCC12NC(=O)N(CC(=O)NC1(CN)CCCC1)C2=O.Cl. The number of nitrogens with zero attached hydrogens (tertiary/aromatic N) is 1. The second-order valence-electron chi connectivity index (χ2n) is 7.68. The molecule has 0 aromatic carbocycles. The zero-order valence-electron chi connectivity index (χ0n) is 14.8. The van der Waals surface area contributed by atoms with E-state index in [2.05, 4.69) is 10.6 Å². The molecule has 1 aliphatic heterocycles. The number of urea groups is 1. The highest BCUT2D eigenvalue weighted by molar-refractivity contribution is 6.09. The topological polar surface area (TPSA) is 105 Å². The van der Waals surface area contributed by atoms with Gasteiger partial charge in [-0.1, -0.05) is 32.6 Å². The molecule has 7 nitrogen and oxygen atoms in total.